The van der Waals surface area contributed by atoms with Crippen molar-refractivity contribution in [1.82, 2.24) is 4.90 Å². The van der Waals surface area contributed by atoms with Crippen LogP contribution in [0.15, 0.2) is 0 Å². The summed E-state index contributed by atoms with van der Waals surface area (Å²) in [5, 5.41) is 0. The highest BCUT2D eigenvalue weighted by Gasteiger charge is 2.45. The summed E-state index contributed by atoms with van der Waals surface area (Å²) in [6.45, 7) is 5.73. The number of rotatable bonds is 3. The molecule has 2 fully saturated rings. The van der Waals surface area contributed by atoms with Gasteiger partial charge in [-0.1, -0.05) is 0 Å². The second-order valence-electron chi connectivity index (χ2n) is 5.61. The second kappa shape index (κ2) is 3.82. The van der Waals surface area contributed by atoms with Gasteiger partial charge in [-0.2, -0.15) is 0 Å². The molecule has 2 heteroatoms. The number of hydrogen-bond acceptors (Lipinski definition) is 2. The fourth-order valence-corrected chi connectivity index (χ4v) is 3.27. The van der Waals surface area contributed by atoms with E-state index in [4.69, 9.17) is 5.73 Å². The van der Waals surface area contributed by atoms with Gasteiger partial charge in [-0.05, 0) is 57.9 Å². The van der Waals surface area contributed by atoms with Crippen LogP contribution in [0.5, 0.6) is 0 Å². The van der Waals surface area contributed by atoms with E-state index in [1.807, 2.05) is 0 Å². The molecule has 0 aromatic rings. The zero-order valence-corrected chi connectivity index (χ0v) is 9.74. The van der Waals surface area contributed by atoms with Crippen LogP contribution in [0.2, 0.25) is 0 Å². The Morgan fingerprint density at radius 3 is 2.43 bits per heavy atom. The summed E-state index contributed by atoms with van der Waals surface area (Å²) in [5.74, 6) is 2.57. The van der Waals surface area contributed by atoms with E-state index in [-0.39, 0.29) is 0 Å². The van der Waals surface area contributed by atoms with E-state index < -0.39 is 0 Å². The molecule has 14 heavy (non-hydrogen) atoms. The van der Waals surface area contributed by atoms with Crippen LogP contribution in [0.1, 0.15) is 33.1 Å². The summed E-state index contributed by atoms with van der Waals surface area (Å²) in [7, 11) is 2.23. The summed E-state index contributed by atoms with van der Waals surface area (Å²) in [6, 6.07) is 1.15. The molecule has 4 atom stereocenters. The van der Waals surface area contributed by atoms with Gasteiger partial charge in [0, 0.05) is 18.6 Å². The molecule has 2 nitrogen and oxygen atoms in total. The Bertz CT molecular complexity index is 200. The average molecular weight is 196 g/mol. The third-order valence-electron chi connectivity index (χ3n) is 4.54. The molecule has 2 aliphatic rings. The molecule has 0 saturated heterocycles. The first-order valence-electron chi connectivity index (χ1n) is 6.05. The van der Waals surface area contributed by atoms with Gasteiger partial charge in [0.1, 0.15) is 0 Å². The highest BCUT2D eigenvalue weighted by atomic mass is 15.1. The van der Waals surface area contributed by atoms with E-state index in [1.165, 1.54) is 25.8 Å². The lowest BCUT2D eigenvalue weighted by atomic mass is 9.84. The summed E-state index contributed by atoms with van der Waals surface area (Å²) in [5.41, 5.74) is 6.29. The van der Waals surface area contributed by atoms with Crippen molar-refractivity contribution in [3.05, 3.63) is 0 Å². The Hall–Kier alpha value is -0.0800. The molecule has 2 N–H and O–H groups in total. The van der Waals surface area contributed by atoms with Crippen LogP contribution in [-0.2, 0) is 0 Å². The van der Waals surface area contributed by atoms with Crippen LogP contribution < -0.4 is 5.73 Å². The van der Waals surface area contributed by atoms with Crippen LogP contribution in [0.25, 0.3) is 0 Å². The molecule has 0 radical (unpaired) electrons. The quantitative estimate of drug-likeness (QED) is 0.744. The lowest BCUT2D eigenvalue weighted by Gasteiger charge is -2.33. The van der Waals surface area contributed by atoms with Gasteiger partial charge >= 0.3 is 0 Å². The van der Waals surface area contributed by atoms with E-state index in [0.717, 1.165) is 17.8 Å². The van der Waals surface area contributed by atoms with Gasteiger partial charge in [-0.15, -0.1) is 0 Å². The Labute approximate surface area is 87.8 Å². The lowest BCUT2D eigenvalue weighted by molar-refractivity contribution is 0.173. The largest absolute Gasteiger partial charge is 0.327 e. The summed E-state index contributed by atoms with van der Waals surface area (Å²) in [6.07, 6.45) is 4.25. The summed E-state index contributed by atoms with van der Waals surface area (Å²) >= 11 is 0. The van der Waals surface area contributed by atoms with Crippen molar-refractivity contribution in [2.24, 2.45) is 23.5 Å². The van der Waals surface area contributed by atoms with Crippen molar-refractivity contribution in [3.63, 3.8) is 0 Å². The van der Waals surface area contributed by atoms with Crippen LogP contribution in [0.3, 0.4) is 0 Å². The molecule has 0 aromatic carbocycles. The van der Waals surface area contributed by atoms with Crippen LogP contribution in [0, 0.1) is 17.8 Å². The molecule has 2 saturated carbocycles. The Morgan fingerprint density at radius 2 is 1.93 bits per heavy atom. The van der Waals surface area contributed by atoms with Gasteiger partial charge in [0.05, 0.1) is 0 Å². The zero-order valence-electron chi connectivity index (χ0n) is 9.74. The van der Waals surface area contributed by atoms with Gasteiger partial charge in [0.15, 0.2) is 0 Å². The molecule has 0 aliphatic heterocycles. The molecule has 2 rings (SSSR count). The third-order valence-corrected chi connectivity index (χ3v) is 4.54. The lowest BCUT2D eigenvalue weighted by Crippen LogP contribution is -2.43. The smallest absolute Gasteiger partial charge is 0.0111 e. The molecular formula is C12H24N2. The molecule has 4 unspecified atom stereocenters. The minimum Gasteiger partial charge on any atom is -0.327 e. The summed E-state index contributed by atoms with van der Waals surface area (Å²) in [4.78, 5) is 2.45. The topological polar surface area (TPSA) is 29.3 Å². The van der Waals surface area contributed by atoms with Gasteiger partial charge in [-0.25, -0.2) is 0 Å². The van der Waals surface area contributed by atoms with Gasteiger partial charge in [0.2, 0.25) is 0 Å². The molecular weight excluding hydrogens is 172 g/mol. The van der Waals surface area contributed by atoms with Crippen molar-refractivity contribution in [1.29, 1.82) is 0 Å². The minimum atomic E-state index is 0.495. The van der Waals surface area contributed by atoms with E-state index in [0.29, 0.717) is 12.1 Å². The zero-order chi connectivity index (χ0) is 10.3. The highest BCUT2D eigenvalue weighted by molar-refractivity contribution is 4.99. The number of nitrogens with two attached hydrogens (primary N) is 1. The van der Waals surface area contributed by atoms with E-state index in [1.54, 1.807) is 0 Å². The molecule has 0 heterocycles. The van der Waals surface area contributed by atoms with E-state index in [9.17, 15) is 0 Å². The molecule has 2 aliphatic carbocycles. The first kappa shape index (κ1) is 10.4. The van der Waals surface area contributed by atoms with Gasteiger partial charge < -0.3 is 10.6 Å². The highest BCUT2D eigenvalue weighted by Crippen LogP contribution is 2.47. The number of hydrogen-bond donors (Lipinski definition) is 1. The standard InChI is InChI=1S/C12H24N2/c1-8(2)14(3)7-11-9-4-5-10(6-9)12(11)13/h8-12H,4-7,13H2,1-3H3. The van der Waals surface area contributed by atoms with Crippen molar-refractivity contribution >= 4 is 0 Å². The van der Waals surface area contributed by atoms with Crippen molar-refractivity contribution in [3.8, 4) is 0 Å². The van der Waals surface area contributed by atoms with Gasteiger partial charge in [0.25, 0.3) is 0 Å². The summed E-state index contributed by atoms with van der Waals surface area (Å²) < 4.78 is 0. The van der Waals surface area contributed by atoms with Crippen molar-refractivity contribution < 1.29 is 0 Å². The SMILES string of the molecule is CC(C)N(C)CC1C2CCC(C2)C1N. The minimum absolute atomic E-state index is 0.495. The predicted molar refractivity (Wildman–Crippen MR) is 60.1 cm³/mol. The number of fused-ring (bicyclic) bond motifs is 2. The monoisotopic (exact) mass is 196 g/mol. The molecule has 82 valence electrons. The number of nitrogens with zero attached hydrogens (tertiary/aromatic N) is 1. The third kappa shape index (κ3) is 1.70. The molecule has 0 amide bonds. The molecule has 0 spiro atoms. The van der Waals surface area contributed by atoms with Crippen LogP contribution in [-0.4, -0.2) is 30.6 Å². The van der Waals surface area contributed by atoms with E-state index >= 15 is 0 Å². The fraction of sp³-hybridized carbons (Fsp3) is 1.00. The van der Waals surface area contributed by atoms with Gasteiger partial charge in [-0.3, -0.25) is 0 Å². The Kier molecular flexibility index (Phi) is 2.85. The normalized spacial score (nSPS) is 41.6. The molecule has 0 aromatic heterocycles. The first-order valence-corrected chi connectivity index (χ1v) is 6.05. The first-order chi connectivity index (χ1) is 6.59. The van der Waals surface area contributed by atoms with Crippen molar-refractivity contribution in [2.45, 2.75) is 45.2 Å². The fourth-order valence-electron chi connectivity index (χ4n) is 3.27. The predicted octanol–water partition coefficient (Wildman–Crippen LogP) is 1.70. The molecule has 2 bridgehead atoms. The van der Waals surface area contributed by atoms with Crippen LogP contribution in [0.4, 0.5) is 0 Å². The van der Waals surface area contributed by atoms with Crippen molar-refractivity contribution in [2.75, 3.05) is 13.6 Å². The second-order valence-corrected chi connectivity index (χ2v) is 5.61. The van der Waals surface area contributed by atoms with Crippen LogP contribution >= 0.6 is 0 Å². The average Bonchev–Trinajstić information content (AvgIpc) is 2.69. The van der Waals surface area contributed by atoms with E-state index in [2.05, 4.69) is 25.8 Å². The maximum absolute atomic E-state index is 6.29. The Morgan fingerprint density at radius 1 is 1.29 bits per heavy atom. The maximum Gasteiger partial charge on any atom is 0.0111 e. The maximum atomic E-state index is 6.29. The Balaban J connectivity index is 1.92.